The Morgan fingerprint density at radius 2 is 2.17 bits per heavy atom. The van der Waals surface area contributed by atoms with E-state index in [0.29, 0.717) is 0 Å². The van der Waals surface area contributed by atoms with E-state index in [1.54, 1.807) is 11.3 Å². The summed E-state index contributed by atoms with van der Waals surface area (Å²) >= 11 is 3.47. The SMILES string of the molecule is CNc1nnc(CSc2ccc3c(c2)CCC3)s1. The van der Waals surface area contributed by atoms with Crippen molar-refractivity contribution in [1.29, 1.82) is 0 Å². The van der Waals surface area contributed by atoms with Crippen LogP contribution in [0.3, 0.4) is 0 Å². The minimum atomic E-state index is 0.888. The van der Waals surface area contributed by atoms with Gasteiger partial charge in [0.05, 0.1) is 5.75 Å². The third kappa shape index (κ3) is 2.52. The number of aryl methyl sites for hydroxylation is 2. The number of thioether (sulfide) groups is 1. The summed E-state index contributed by atoms with van der Waals surface area (Å²) in [6.45, 7) is 0. The molecule has 1 aliphatic rings. The average molecular weight is 277 g/mol. The molecule has 0 fully saturated rings. The van der Waals surface area contributed by atoms with Crippen LogP contribution in [0.15, 0.2) is 23.1 Å². The largest absolute Gasteiger partial charge is 0.363 e. The Morgan fingerprint density at radius 1 is 1.28 bits per heavy atom. The van der Waals surface area contributed by atoms with E-state index in [9.17, 15) is 0 Å². The lowest BCUT2D eigenvalue weighted by Crippen LogP contribution is -1.85. The van der Waals surface area contributed by atoms with E-state index < -0.39 is 0 Å². The molecule has 3 nitrogen and oxygen atoms in total. The Labute approximate surface area is 115 Å². The summed E-state index contributed by atoms with van der Waals surface area (Å²) in [5.74, 6) is 0.901. The van der Waals surface area contributed by atoms with Gasteiger partial charge in [0.2, 0.25) is 5.13 Å². The molecule has 1 aromatic carbocycles. The molecule has 0 saturated carbocycles. The number of nitrogens with zero attached hydrogens (tertiary/aromatic N) is 2. The van der Waals surface area contributed by atoms with Gasteiger partial charge in [0.1, 0.15) is 5.01 Å². The molecule has 94 valence electrons. The topological polar surface area (TPSA) is 37.8 Å². The first-order valence-corrected chi connectivity index (χ1v) is 7.90. The van der Waals surface area contributed by atoms with Gasteiger partial charge in [-0.1, -0.05) is 17.4 Å². The van der Waals surface area contributed by atoms with Gasteiger partial charge in [0, 0.05) is 11.9 Å². The van der Waals surface area contributed by atoms with Gasteiger partial charge in [-0.25, -0.2) is 0 Å². The van der Waals surface area contributed by atoms with Crippen molar-refractivity contribution in [2.45, 2.75) is 29.9 Å². The van der Waals surface area contributed by atoms with Gasteiger partial charge in [-0.05, 0) is 42.5 Å². The zero-order valence-corrected chi connectivity index (χ0v) is 11.9. The molecule has 2 aromatic rings. The molecule has 0 spiro atoms. The van der Waals surface area contributed by atoms with Crippen molar-refractivity contribution in [2.24, 2.45) is 0 Å². The highest BCUT2D eigenvalue weighted by atomic mass is 32.2. The monoisotopic (exact) mass is 277 g/mol. The summed E-state index contributed by atoms with van der Waals surface area (Å²) in [6, 6.07) is 6.85. The Balaban J connectivity index is 1.66. The van der Waals surface area contributed by atoms with E-state index in [2.05, 4.69) is 33.7 Å². The van der Waals surface area contributed by atoms with Crippen LogP contribution in [-0.4, -0.2) is 17.2 Å². The number of nitrogens with one attached hydrogen (secondary N) is 1. The summed E-state index contributed by atoms with van der Waals surface area (Å²) in [5, 5.41) is 13.2. The van der Waals surface area contributed by atoms with Crippen molar-refractivity contribution >= 4 is 28.2 Å². The Bertz CT molecular complexity index is 551. The minimum Gasteiger partial charge on any atom is -0.363 e. The average Bonchev–Trinajstić information content (AvgIpc) is 3.04. The molecule has 0 radical (unpaired) electrons. The van der Waals surface area contributed by atoms with E-state index >= 15 is 0 Å². The number of benzene rings is 1. The van der Waals surface area contributed by atoms with Crippen LogP contribution in [0.2, 0.25) is 0 Å². The van der Waals surface area contributed by atoms with E-state index in [4.69, 9.17) is 0 Å². The predicted octanol–water partition coefficient (Wildman–Crippen LogP) is 3.36. The molecule has 3 rings (SSSR count). The van der Waals surface area contributed by atoms with E-state index in [0.717, 1.165) is 15.9 Å². The van der Waals surface area contributed by atoms with E-state index in [-0.39, 0.29) is 0 Å². The standard InChI is InChI=1S/C13H15N3S2/c1-14-13-16-15-12(18-13)8-17-11-6-5-9-3-2-4-10(9)7-11/h5-7H,2-4,8H2,1H3,(H,14,16). The van der Waals surface area contributed by atoms with Crippen LogP contribution in [0, 0.1) is 0 Å². The number of anilines is 1. The summed E-state index contributed by atoms with van der Waals surface area (Å²) < 4.78 is 0. The van der Waals surface area contributed by atoms with Gasteiger partial charge in [-0.2, -0.15) is 0 Å². The van der Waals surface area contributed by atoms with Gasteiger partial charge in [0.15, 0.2) is 0 Å². The highest BCUT2D eigenvalue weighted by molar-refractivity contribution is 7.98. The van der Waals surface area contributed by atoms with Crippen LogP contribution < -0.4 is 5.32 Å². The van der Waals surface area contributed by atoms with Crippen LogP contribution >= 0.6 is 23.1 Å². The molecule has 0 bridgehead atoms. The Kier molecular flexibility index (Phi) is 3.52. The molecule has 1 aromatic heterocycles. The third-order valence-electron chi connectivity index (χ3n) is 3.11. The lowest BCUT2D eigenvalue weighted by molar-refractivity contribution is 0.911. The lowest BCUT2D eigenvalue weighted by atomic mass is 10.1. The predicted molar refractivity (Wildman–Crippen MR) is 77.5 cm³/mol. The number of hydrogen-bond donors (Lipinski definition) is 1. The van der Waals surface area contributed by atoms with Crippen molar-refractivity contribution in [3.05, 3.63) is 34.3 Å². The van der Waals surface area contributed by atoms with E-state index in [1.807, 2.05) is 18.8 Å². The van der Waals surface area contributed by atoms with Crippen LogP contribution in [0.5, 0.6) is 0 Å². The molecular weight excluding hydrogens is 262 g/mol. The number of fused-ring (bicyclic) bond motifs is 1. The lowest BCUT2D eigenvalue weighted by Gasteiger charge is -2.03. The first kappa shape index (κ1) is 12.0. The number of hydrogen-bond acceptors (Lipinski definition) is 5. The maximum absolute atomic E-state index is 4.16. The van der Waals surface area contributed by atoms with E-state index in [1.165, 1.54) is 35.3 Å². The zero-order valence-electron chi connectivity index (χ0n) is 10.3. The number of aromatic nitrogens is 2. The smallest absolute Gasteiger partial charge is 0.205 e. The fraction of sp³-hybridized carbons (Fsp3) is 0.385. The molecule has 0 aliphatic heterocycles. The Hall–Kier alpha value is -1.07. The second-order valence-corrected chi connectivity index (χ2v) is 6.43. The fourth-order valence-electron chi connectivity index (χ4n) is 2.20. The van der Waals surface area contributed by atoms with Crippen LogP contribution in [0.1, 0.15) is 22.6 Å². The molecule has 0 unspecified atom stereocenters. The van der Waals surface area contributed by atoms with Gasteiger partial charge < -0.3 is 5.32 Å². The summed E-state index contributed by atoms with van der Waals surface area (Å²) in [6.07, 6.45) is 3.81. The van der Waals surface area contributed by atoms with Crippen LogP contribution in [0.25, 0.3) is 0 Å². The summed E-state index contributed by atoms with van der Waals surface area (Å²) in [5.41, 5.74) is 3.07. The number of rotatable bonds is 4. The van der Waals surface area contributed by atoms with Crippen LogP contribution in [-0.2, 0) is 18.6 Å². The molecule has 5 heteroatoms. The quantitative estimate of drug-likeness (QED) is 0.870. The van der Waals surface area contributed by atoms with Gasteiger partial charge in [-0.3, -0.25) is 0 Å². The van der Waals surface area contributed by atoms with Crippen molar-refractivity contribution in [1.82, 2.24) is 10.2 Å². The first-order valence-electron chi connectivity index (χ1n) is 6.10. The van der Waals surface area contributed by atoms with Gasteiger partial charge in [-0.15, -0.1) is 22.0 Å². The maximum Gasteiger partial charge on any atom is 0.205 e. The molecule has 1 aliphatic carbocycles. The second kappa shape index (κ2) is 5.28. The van der Waals surface area contributed by atoms with Crippen molar-refractivity contribution in [3.8, 4) is 0 Å². The normalized spacial score (nSPS) is 13.6. The highest BCUT2D eigenvalue weighted by Gasteiger charge is 2.11. The maximum atomic E-state index is 4.16. The van der Waals surface area contributed by atoms with Crippen molar-refractivity contribution in [2.75, 3.05) is 12.4 Å². The van der Waals surface area contributed by atoms with Crippen molar-refractivity contribution < 1.29 is 0 Å². The molecule has 0 atom stereocenters. The van der Waals surface area contributed by atoms with Gasteiger partial charge >= 0.3 is 0 Å². The highest BCUT2D eigenvalue weighted by Crippen LogP contribution is 2.30. The first-order chi connectivity index (χ1) is 8.85. The van der Waals surface area contributed by atoms with Crippen molar-refractivity contribution in [3.63, 3.8) is 0 Å². The fourth-order valence-corrected chi connectivity index (χ4v) is 3.83. The molecule has 0 saturated heterocycles. The molecule has 1 N–H and O–H groups in total. The molecule has 1 heterocycles. The summed E-state index contributed by atoms with van der Waals surface area (Å²) in [4.78, 5) is 1.34. The third-order valence-corrected chi connectivity index (χ3v) is 5.24. The molecule has 0 amide bonds. The minimum absolute atomic E-state index is 0.888. The summed E-state index contributed by atoms with van der Waals surface area (Å²) in [7, 11) is 1.87. The molecule has 18 heavy (non-hydrogen) atoms. The van der Waals surface area contributed by atoms with Gasteiger partial charge in [0.25, 0.3) is 0 Å². The Morgan fingerprint density at radius 3 is 3.00 bits per heavy atom. The second-order valence-electron chi connectivity index (χ2n) is 4.32. The van der Waals surface area contributed by atoms with Crippen LogP contribution in [0.4, 0.5) is 5.13 Å². The zero-order chi connectivity index (χ0) is 12.4. The molecular formula is C13H15N3S2.